The summed E-state index contributed by atoms with van der Waals surface area (Å²) in [7, 11) is 0. The maximum absolute atomic E-state index is 9.02. The predicted octanol–water partition coefficient (Wildman–Crippen LogP) is 4.58. The summed E-state index contributed by atoms with van der Waals surface area (Å²) in [5.74, 6) is 0.390. The Bertz CT molecular complexity index is 796. The largest absolute Gasteiger partial charge is 0.375 e. The quantitative estimate of drug-likeness (QED) is 0.693. The van der Waals surface area contributed by atoms with E-state index in [9.17, 15) is 0 Å². The van der Waals surface area contributed by atoms with Crippen LogP contribution in [0.3, 0.4) is 0 Å². The summed E-state index contributed by atoms with van der Waals surface area (Å²) >= 11 is 2.35. The van der Waals surface area contributed by atoms with E-state index in [1.54, 1.807) is 0 Å². The molecule has 3 nitrogen and oxygen atoms in total. The zero-order valence-corrected chi connectivity index (χ0v) is 15.0. The number of nitrogens with zero attached hydrogens (tertiary/aromatic N) is 1. The molecular weight excluding hydrogens is 399 g/mol. The fourth-order valence-corrected chi connectivity index (χ4v) is 4.44. The Morgan fingerprint density at radius 3 is 2.78 bits per heavy atom. The van der Waals surface area contributed by atoms with Crippen molar-refractivity contribution in [2.75, 3.05) is 11.9 Å². The minimum atomic E-state index is -0.186. The van der Waals surface area contributed by atoms with E-state index < -0.39 is 0 Å². The van der Waals surface area contributed by atoms with Crippen molar-refractivity contribution in [3.8, 4) is 6.07 Å². The molecule has 2 heterocycles. The average Bonchev–Trinajstić information content (AvgIpc) is 3.07. The van der Waals surface area contributed by atoms with Crippen molar-refractivity contribution in [3.63, 3.8) is 0 Å². The highest BCUT2D eigenvalue weighted by molar-refractivity contribution is 14.1. The number of rotatable bonds is 1. The minimum Gasteiger partial charge on any atom is -0.375 e. The number of nitrogens with one attached hydrogen (secondary N) is 1. The topological polar surface area (TPSA) is 45.0 Å². The number of halogens is 1. The second-order valence-electron chi connectivity index (χ2n) is 6.43. The van der Waals surface area contributed by atoms with E-state index >= 15 is 0 Å². The number of nitriles is 1. The molecule has 1 saturated heterocycles. The van der Waals surface area contributed by atoms with Crippen LogP contribution in [0.1, 0.15) is 36.1 Å². The number of benzene rings is 2. The van der Waals surface area contributed by atoms with Gasteiger partial charge in [0.15, 0.2) is 0 Å². The number of hydrogen-bond donors (Lipinski definition) is 1. The van der Waals surface area contributed by atoms with Crippen molar-refractivity contribution in [2.45, 2.75) is 25.0 Å². The highest BCUT2D eigenvalue weighted by Gasteiger charge is 2.48. The highest BCUT2D eigenvalue weighted by atomic mass is 127. The monoisotopic (exact) mass is 416 g/mol. The Labute approximate surface area is 149 Å². The van der Waals surface area contributed by atoms with E-state index in [4.69, 9.17) is 10.00 Å². The number of ether oxygens (including phenoxy) is 1. The van der Waals surface area contributed by atoms with Gasteiger partial charge in [-0.05, 0) is 71.8 Å². The Kier molecular flexibility index (Phi) is 3.58. The van der Waals surface area contributed by atoms with Gasteiger partial charge in [0.25, 0.3) is 0 Å². The van der Waals surface area contributed by atoms with Gasteiger partial charge in [-0.25, -0.2) is 0 Å². The van der Waals surface area contributed by atoms with Gasteiger partial charge in [0.2, 0.25) is 0 Å². The SMILES string of the molecule is C[C@@]1(c2ccc(C#N)cc2)Nc2ccc(I)cc2[C@H]2OCC[C@H]21. The van der Waals surface area contributed by atoms with E-state index in [2.05, 4.69) is 71.2 Å². The van der Waals surface area contributed by atoms with Crippen molar-refractivity contribution in [3.05, 3.63) is 62.7 Å². The molecule has 2 aliphatic heterocycles. The Hall–Kier alpha value is -1.58. The second kappa shape index (κ2) is 5.50. The minimum absolute atomic E-state index is 0.140. The van der Waals surface area contributed by atoms with Crippen LogP contribution in [-0.4, -0.2) is 6.61 Å². The maximum atomic E-state index is 9.02. The highest BCUT2D eigenvalue weighted by Crippen LogP contribution is 2.53. The van der Waals surface area contributed by atoms with Gasteiger partial charge in [-0.2, -0.15) is 5.26 Å². The molecule has 4 rings (SSSR count). The van der Waals surface area contributed by atoms with Crippen molar-refractivity contribution in [2.24, 2.45) is 5.92 Å². The molecule has 116 valence electrons. The van der Waals surface area contributed by atoms with E-state index in [0.717, 1.165) is 18.7 Å². The Morgan fingerprint density at radius 2 is 2.04 bits per heavy atom. The molecule has 0 unspecified atom stereocenters. The summed E-state index contributed by atoms with van der Waals surface area (Å²) < 4.78 is 7.34. The molecule has 0 radical (unpaired) electrons. The smallest absolute Gasteiger partial charge is 0.0991 e. The van der Waals surface area contributed by atoms with Gasteiger partial charge >= 0.3 is 0 Å². The fourth-order valence-electron chi connectivity index (χ4n) is 3.92. The third-order valence-corrected chi connectivity index (χ3v) is 5.83. The Balaban J connectivity index is 1.82. The van der Waals surface area contributed by atoms with Crippen LogP contribution in [0.5, 0.6) is 0 Å². The average molecular weight is 416 g/mol. The van der Waals surface area contributed by atoms with Crippen molar-refractivity contribution < 1.29 is 4.74 Å². The standard InChI is InChI=1S/C19H17IN2O/c1-19(13-4-2-12(11-21)3-5-13)16-8-9-23-18(16)15-10-14(20)6-7-17(15)22-19/h2-7,10,16,18,22H,8-9H2,1H3/t16-,18-,19+/m1/s1. The second-order valence-corrected chi connectivity index (χ2v) is 7.68. The normalized spacial score (nSPS) is 28.4. The molecule has 2 aromatic rings. The molecule has 0 spiro atoms. The number of hydrogen-bond acceptors (Lipinski definition) is 3. The van der Waals surface area contributed by atoms with Crippen LogP contribution in [0.15, 0.2) is 42.5 Å². The van der Waals surface area contributed by atoms with Crippen molar-refractivity contribution in [1.29, 1.82) is 5.26 Å². The summed E-state index contributed by atoms with van der Waals surface area (Å²) in [6.45, 7) is 3.05. The molecule has 1 fully saturated rings. The fraction of sp³-hybridized carbons (Fsp3) is 0.316. The number of anilines is 1. The van der Waals surface area contributed by atoms with Crippen molar-refractivity contribution >= 4 is 28.3 Å². The summed E-state index contributed by atoms with van der Waals surface area (Å²) in [6, 6.07) is 16.6. The van der Waals surface area contributed by atoms with Crippen LogP contribution >= 0.6 is 22.6 Å². The molecule has 3 atom stereocenters. The van der Waals surface area contributed by atoms with Crippen LogP contribution < -0.4 is 5.32 Å². The van der Waals surface area contributed by atoms with Crippen LogP contribution in [0.4, 0.5) is 5.69 Å². The van der Waals surface area contributed by atoms with E-state index in [1.165, 1.54) is 14.7 Å². The van der Waals surface area contributed by atoms with E-state index in [-0.39, 0.29) is 11.6 Å². The third kappa shape index (κ3) is 2.34. The lowest BCUT2D eigenvalue weighted by atomic mass is 9.71. The molecular formula is C19H17IN2O. The first kappa shape index (κ1) is 15.0. The van der Waals surface area contributed by atoms with Crippen LogP contribution in [0.25, 0.3) is 0 Å². The summed E-state index contributed by atoms with van der Waals surface area (Å²) in [5, 5.41) is 12.8. The molecule has 2 aliphatic rings. The van der Waals surface area contributed by atoms with Gasteiger partial charge in [0.1, 0.15) is 0 Å². The van der Waals surface area contributed by atoms with Gasteiger partial charge in [0.05, 0.1) is 23.3 Å². The lowest BCUT2D eigenvalue weighted by Gasteiger charge is -2.45. The van der Waals surface area contributed by atoms with E-state index in [1.807, 2.05) is 12.1 Å². The lowest BCUT2D eigenvalue weighted by molar-refractivity contribution is 0.0685. The van der Waals surface area contributed by atoms with Crippen LogP contribution in [0, 0.1) is 20.8 Å². The summed E-state index contributed by atoms with van der Waals surface area (Å²) in [4.78, 5) is 0. The molecule has 23 heavy (non-hydrogen) atoms. The van der Waals surface area contributed by atoms with Crippen LogP contribution in [0.2, 0.25) is 0 Å². The zero-order chi connectivity index (χ0) is 16.0. The summed E-state index contributed by atoms with van der Waals surface area (Å²) in [5.41, 5.74) is 4.14. The molecule has 0 amide bonds. The number of fused-ring (bicyclic) bond motifs is 3. The third-order valence-electron chi connectivity index (χ3n) is 5.16. The molecule has 2 aromatic carbocycles. The van der Waals surface area contributed by atoms with Crippen LogP contribution in [-0.2, 0) is 10.3 Å². The molecule has 4 heteroatoms. The molecule has 0 aliphatic carbocycles. The summed E-state index contributed by atoms with van der Waals surface area (Å²) in [6.07, 6.45) is 1.18. The van der Waals surface area contributed by atoms with E-state index in [0.29, 0.717) is 11.5 Å². The van der Waals surface area contributed by atoms with Gasteiger partial charge in [0, 0.05) is 27.3 Å². The molecule has 0 saturated carbocycles. The van der Waals surface area contributed by atoms with Gasteiger partial charge in [-0.3, -0.25) is 0 Å². The lowest BCUT2D eigenvalue weighted by Crippen LogP contribution is -2.44. The Morgan fingerprint density at radius 1 is 1.26 bits per heavy atom. The first-order chi connectivity index (χ1) is 11.1. The first-order valence-corrected chi connectivity index (χ1v) is 8.89. The molecule has 1 N–H and O–H groups in total. The van der Waals surface area contributed by atoms with Gasteiger partial charge in [-0.15, -0.1) is 0 Å². The van der Waals surface area contributed by atoms with Gasteiger partial charge in [-0.1, -0.05) is 12.1 Å². The molecule has 0 bridgehead atoms. The predicted molar refractivity (Wildman–Crippen MR) is 98.1 cm³/mol. The van der Waals surface area contributed by atoms with Gasteiger partial charge < -0.3 is 10.1 Å². The molecule has 0 aromatic heterocycles. The maximum Gasteiger partial charge on any atom is 0.0991 e. The van der Waals surface area contributed by atoms with Crippen molar-refractivity contribution in [1.82, 2.24) is 0 Å². The zero-order valence-electron chi connectivity index (χ0n) is 12.8. The first-order valence-electron chi connectivity index (χ1n) is 7.82.